The molecule has 2 heterocycles. The lowest BCUT2D eigenvalue weighted by molar-refractivity contribution is 0.794. The van der Waals surface area contributed by atoms with E-state index in [2.05, 4.69) is 27.5 Å². The molecule has 0 saturated carbocycles. The maximum Gasteiger partial charge on any atom is 0.160 e. The number of fused-ring (bicyclic) bond motifs is 1. The summed E-state index contributed by atoms with van der Waals surface area (Å²) in [5.74, 6) is 0.963. The molecule has 1 aromatic carbocycles. The van der Waals surface area contributed by atoms with Crippen LogP contribution in [0.1, 0.15) is 6.92 Å². The smallest absolute Gasteiger partial charge is 0.160 e. The number of aromatic nitrogens is 3. The monoisotopic (exact) mass is 229 g/mol. The van der Waals surface area contributed by atoms with Crippen LogP contribution in [0.2, 0.25) is 0 Å². The second-order valence-electron chi connectivity index (χ2n) is 3.54. The first-order chi connectivity index (χ1) is 7.90. The summed E-state index contributed by atoms with van der Waals surface area (Å²) < 4.78 is 2.20. The first kappa shape index (κ1) is 9.54. The minimum atomic E-state index is 0.910. The molecule has 0 atom stereocenters. The van der Waals surface area contributed by atoms with E-state index < -0.39 is 0 Å². The van der Waals surface area contributed by atoms with Crippen LogP contribution in [-0.4, -0.2) is 14.5 Å². The molecule has 0 saturated heterocycles. The number of thiazole rings is 1. The van der Waals surface area contributed by atoms with Gasteiger partial charge in [0.25, 0.3) is 0 Å². The molecule has 16 heavy (non-hydrogen) atoms. The van der Waals surface area contributed by atoms with Crippen molar-refractivity contribution in [2.45, 2.75) is 13.5 Å². The van der Waals surface area contributed by atoms with Crippen LogP contribution in [0.25, 0.3) is 22.6 Å². The molecule has 80 valence electrons. The molecule has 0 spiro atoms. The molecule has 0 radical (unpaired) electrons. The van der Waals surface area contributed by atoms with Gasteiger partial charge in [0, 0.05) is 11.9 Å². The molecule has 0 aliphatic rings. The summed E-state index contributed by atoms with van der Waals surface area (Å²) in [6.07, 6.45) is 0. The van der Waals surface area contributed by atoms with E-state index in [4.69, 9.17) is 0 Å². The Bertz CT molecular complexity index is 610. The Morgan fingerprint density at radius 2 is 2.19 bits per heavy atom. The van der Waals surface area contributed by atoms with Gasteiger partial charge in [0.2, 0.25) is 0 Å². The SMILES string of the molecule is CCn1c(-c2cscn2)nc2ccccc21. The Hall–Kier alpha value is -1.68. The lowest BCUT2D eigenvalue weighted by Gasteiger charge is -2.02. The Morgan fingerprint density at radius 3 is 2.94 bits per heavy atom. The van der Waals surface area contributed by atoms with Gasteiger partial charge in [-0.15, -0.1) is 11.3 Å². The van der Waals surface area contributed by atoms with Crippen LogP contribution in [0.5, 0.6) is 0 Å². The second kappa shape index (κ2) is 3.72. The van der Waals surface area contributed by atoms with Gasteiger partial charge < -0.3 is 4.57 Å². The van der Waals surface area contributed by atoms with Gasteiger partial charge in [-0.05, 0) is 19.1 Å². The van der Waals surface area contributed by atoms with Crippen LogP contribution >= 0.6 is 11.3 Å². The molecular weight excluding hydrogens is 218 g/mol. The van der Waals surface area contributed by atoms with Gasteiger partial charge in [0.15, 0.2) is 5.82 Å². The van der Waals surface area contributed by atoms with Crippen molar-refractivity contribution < 1.29 is 0 Å². The summed E-state index contributed by atoms with van der Waals surface area (Å²) in [6.45, 7) is 3.04. The minimum Gasteiger partial charge on any atom is -0.323 e. The van der Waals surface area contributed by atoms with Crippen LogP contribution in [0, 0.1) is 0 Å². The van der Waals surface area contributed by atoms with Crippen LogP contribution in [0.15, 0.2) is 35.2 Å². The summed E-state index contributed by atoms with van der Waals surface area (Å²) >= 11 is 1.60. The second-order valence-corrected chi connectivity index (χ2v) is 4.26. The van der Waals surface area contributed by atoms with Crippen molar-refractivity contribution in [3.63, 3.8) is 0 Å². The number of hydrogen-bond acceptors (Lipinski definition) is 3. The third-order valence-corrected chi connectivity index (χ3v) is 3.22. The maximum atomic E-state index is 4.63. The molecule has 0 aliphatic carbocycles. The van der Waals surface area contributed by atoms with E-state index >= 15 is 0 Å². The molecule has 0 unspecified atom stereocenters. The van der Waals surface area contributed by atoms with Crippen molar-refractivity contribution in [2.75, 3.05) is 0 Å². The van der Waals surface area contributed by atoms with Crippen molar-refractivity contribution in [1.29, 1.82) is 0 Å². The van der Waals surface area contributed by atoms with E-state index in [9.17, 15) is 0 Å². The molecule has 0 N–H and O–H groups in total. The third kappa shape index (κ3) is 1.34. The number of nitrogens with zero attached hydrogens (tertiary/aromatic N) is 3. The summed E-state index contributed by atoms with van der Waals surface area (Å²) in [4.78, 5) is 8.96. The molecular formula is C12H11N3S. The van der Waals surface area contributed by atoms with Crippen molar-refractivity contribution >= 4 is 22.4 Å². The Morgan fingerprint density at radius 1 is 1.31 bits per heavy atom. The summed E-state index contributed by atoms with van der Waals surface area (Å²) in [5, 5.41) is 2.04. The fraction of sp³-hybridized carbons (Fsp3) is 0.167. The van der Waals surface area contributed by atoms with E-state index in [1.165, 1.54) is 5.52 Å². The first-order valence-electron chi connectivity index (χ1n) is 5.24. The third-order valence-electron chi connectivity index (χ3n) is 2.63. The van der Waals surface area contributed by atoms with E-state index in [1.54, 1.807) is 11.3 Å². The standard InChI is InChI=1S/C12H11N3S/c1-2-15-11-6-4-3-5-9(11)14-12(15)10-7-16-8-13-10/h3-8H,2H2,1H3. The Kier molecular flexibility index (Phi) is 2.22. The van der Waals surface area contributed by atoms with Crippen LogP contribution < -0.4 is 0 Å². The van der Waals surface area contributed by atoms with E-state index in [0.717, 1.165) is 23.6 Å². The zero-order valence-electron chi connectivity index (χ0n) is 8.92. The van der Waals surface area contributed by atoms with Crippen molar-refractivity contribution in [1.82, 2.24) is 14.5 Å². The average Bonchev–Trinajstić information content (AvgIpc) is 2.95. The van der Waals surface area contributed by atoms with Gasteiger partial charge in [-0.3, -0.25) is 0 Å². The van der Waals surface area contributed by atoms with Crippen LogP contribution in [0.3, 0.4) is 0 Å². The van der Waals surface area contributed by atoms with Gasteiger partial charge in [0.05, 0.1) is 16.5 Å². The Balaban J connectivity index is 2.32. The number of rotatable bonds is 2. The summed E-state index contributed by atoms with van der Waals surface area (Å²) in [5.41, 5.74) is 5.01. The fourth-order valence-electron chi connectivity index (χ4n) is 1.91. The fourth-order valence-corrected chi connectivity index (χ4v) is 2.44. The van der Waals surface area contributed by atoms with Gasteiger partial charge in [-0.2, -0.15) is 0 Å². The molecule has 4 heteroatoms. The zero-order valence-corrected chi connectivity index (χ0v) is 9.74. The molecule has 3 rings (SSSR count). The van der Waals surface area contributed by atoms with E-state index in [0.29, 0.717) is 0 Å². The van der Waals surface area contributed by atoms with Gasteiger partial charge >= 0.3 is 0 Å². The van der Waals surface area contributed by atoms with Gasteiger partial charge in [-0.1, -0.05) is 12.1 Å². The lowest BCUT2D eigenvalue weighted by atomic mass is 10.3. The maximum absolute atomic E-state index is 4.63. The van der Waals surface area contributed by atoms with Crippen molar-refractivity contribution in [2.24, 2.45) is 0 Å². The predicted molar refractivity (Wildman–Crippen MR) is 66.5 cm³/mol. The molecule has 3 aromatic rings. The molecule has 0 fully saturated rings. The lowest BCUT2D eigenvalue weighted by Crippen LogP contribution is -1.97. The van der Waals surface area contributed by atoms with Crippen molar-refractivity contribution in [3.05, 3.63) is 35.2 Å². The number of hydrogen-bond donors (Lipinski definition) is 0. The predicted octanol–water partition coefficient (Wildman–Crippen LogP) is 3.18. The van der Waals surface area contributed by atoms with Gasteiger partial charge in [0.1, 0.15) is 5.69 Å². The van der Waals surface area contributed by atoms with Crippen LogP contribution in [-0.2, 0) is 6.54 Å². The first-order valence-corrected chi connectivity index (χ1v) is 6.18. The number of imidazole rings is 1. The van der Waals surface area contributed by atoms with Crippen LogP contribution in [0.4, 0.5) is 0 Å². The molecule has 0 bridgehead atoms. The average molecular weight is 229 g/mol. The Labute approximate surface area is 97.4 Å². The highest BCUT2D eigenvalue weighted by Gasteiger charge is 2.11. The normalized spacial score (nSPS) is 11.1. The highest BCUT2D eigenvalue weighted by atomic mass is 32.1. The summed E-state index contributed by atoms with van der Waals surface area (Å²) in [7, 11) is 0. The van der Waals surface area contributed by atoms with Gasteiger partial charge in [-0.25, -0.2) is 9.97 Å². The molecule has 0 aliphatic heterocycles. The number of benzene rings is 1. The number of para-hydroxylation sites is 2. The van der Waals surface area contributed by atoms with E-state index in [1.807, 2.05) is 29.1 Å². The highest BCUT2D eigenvalue weighted by molar-refractivity contribution is 7.07. The topological polar surface area (TPSA) is 30.7 Å². The molecule has 3 nitrogen and oxygen atoms in total. The quantitative estimate of drug-likeness (QED) is 0.675. The largest absolute Gasteiger partial charge is 0.323 e. The summed E-state index contributed by atoms with van der Waals surface area (Å²) in [6, 6.07) is 8.19. The minimum absolute atomic E-state index is 0.910. The van der Waals surface area contributed by atoms with E-state index in [-0.39, 0.29) is 0 Å². The molecule has 0 amide bonds. The zero-order chi connectivity index (χ0) is 11.0. The molecule has 2 aromatic heterocycles. The van der Waals surface area contributed by atoms with Crippen molar-refractivity contribution in [3.8, 4) is 11.5 Å². The number of aryl methyl sites for hydroxylation is 1. The highest BCUT2D eigenvalue weighted by Crippen LogP contribution is 2.24.